The van der Waals surface area contributed by atoms with Gasteiger partial charge in [-0.1, -0.05) is 19.9 Å². The maximum atomic E-state index is 12.0. The number of carbonyl (C=O) groups excluding carboxylic acids is 1. The average Bonchev–Trinajstić information content (AvgIpc) is 2.43. The van der Waals surface area contributed by atoms with Gasteiger partial charge in [0, 0.05) is 12.6 Å². The van der Waals surface area contributed by atoms with Crippen LogP contribution in [0.15, 0.2) is 18.2 Å². The Labute approximate surface area is 127 Å². The molecule has 1 aromatic carbocycles. The third kappa shape index (κ3) is 3.14. The van der Waals surface area contributed by atoms with Crippen molar-refractivity contribution in [2.24, 2.45) is 11.8 Å². The summed E-state index contributed by atoms with van der Waals surface area (Å²) in [6.07, 6.45) is 1.23. The summed E-state index contributed by atoms with van der Waals surface area (Å²) in [5.74, 6) is 0.892. The second kappa shape index (κ2) is 6.37. The summed E-state index contributed by atoms with van der Waals surface area (Å²) in [6, 6.07) is 6.03. The summed E-state index contributed by atoms with van der Waals surface area (Å²) in [5.41, 5.74) is 8.20. The lowest BCUT2D eigenvalue weighted by molar-refractivity contribution is 0.0527. The molecule has 0 bridgehead atoms. The number of nitrogens with two attached hydrogens (primary N) is 1. The number of ether oxygens (including phenoxy) is 1. The monoisotopic (exact) mass is 290 g/mol. The van der Waals surface area contributed by atoms with E-state index in [1.54, 1.807) is 13.0 Å². The standard InChI is InChI=1S/C17H26N2O2/c1-5-21-17(20)14-7-6-8-15(16(14)18)19-10-11(2)9-12(3)13(19)4/h6-8,11-13H,5,9-10,18H2,1-4H3. The summed E-state index contributed by atoms with van der Waals surface area (Å²) in [7, 11) is 0. The predicted molar refractivity (Wildman–Crippen MR) is 86.6 cm³/mol. The first-order valence-corrected chi connectivity index (χ1v) is 7.77. The van der Waals surface area contributed by atoms with Gasteiger partial charge in [0.25, 0.3) is 0 Å². The fraction of sp³-hybridized carbons (Fsp3) is 0.588. The number of anilines is 2. The van der Waals surface area contributed by atoms with Gasteiger partial charge in [-0.2, -0.15) is 0 Å². The van der Waals surface area contributed by atoms with E-state index in [0.717, 1.165) is 12.2 Å². The SMILES string of the molecule is CCOC(=O)c1cccc(N2CC(C)CC(C)C2C)c1N. The Morgan fingerprint density at radius 1 is 1.38 bits per heavy atom. The molecular weight excluding hydrogens is 264 g/mol. The zero-order valence-electron chi connectivity index (χ0n) is 13.4. The molecule has 3 unspecified atom stereocenters. The molecule has 0 aromatic heterocycles. The largest absolute Gasteiger partial charge is 0.462 e. The minimum absolute atomic E-state index is 0.345. The number of hydrogen-bond acceptors (Lipinski definition) is 4. The van der Waals surface area contributed by atoms with E-state index in [-0.39, 0.29) is 5.97 Å². The van der Waals surface area contributed by atoms with Crippen molar-refractivity contribution in [3.8, 4) is 0 Å². The van der Waals surface area contributed by atoms with Gasteiger partial charge in [0.1, 0.15) is 0 Å². The van der Waals surface area contributed by atoms with Gasteiger partial charge in [-0.05, 0) is 44.2 Å². The Bertz CT molecular complexity index is 516. The van der Waals surface area contributed by atoms with Gasteiger partial charge in [-0.15, -0.1) is 0 Å². The van der Waals surface area contributed by atoms with Crippen LogP contribution in [0.25, 0.3) is 0 Å². The zero-order chi connectivity index (χ0) is 15.6. The molecule has 4 heteroatoms. The first-order valence-electron chi connectivity index (χ1n) is 7.77. The fourth-order valence-electron chi connectivity index (χ4n) is 3.22. The Balaban J connectivity index is 2.35. The number of rotatable bonds is 3. The van der Waals surface area contributed by atoms with Crippen molar-refractivity contribution in [3.05, 3.63) is 23.8 Å². The lowest BCUT2D eigenvalue weighted by atomic mass is 9.85. The number of piperidine rings is 1. The van der Waals surface area contributed by atoms with Gasteiger partial charge in [-0.3, -0.25) is 0 Å². The molecule has 1 heterocycles. The molecule has 1 aliphatic heterocycles. The van der Waals surface area contributed by atoms with Gasteiger partial charge in [0.15, 0.2) is 0 Å². The van der Waals surface area contributed by atoms with Crippen molar-refractivity contribution >= 4 is 17.3 Å². The van der Waals surface area contributed by atoms with E-state index in [1.807, 2.05) is 12.1 Å². The Hall–Kier alpha value is -1.71. The highest BCUT2D eigenvalue weighted by Gasteiger charge is 2.30. The number of hydrogen-bond donors (Lipinski definition) is 1. The molecule has 0 radical (unpaired) electrons. The van der Waals surface area contributed by atoms with E-state index < -0.39 is 0 Å². The van der Waals surface area contributed by atoms with Crippen LogP contribution in [-0.2, 0) is 4.74 Å². The lowest BCUT2D eigenvalue weighted by Gasteiger charge is -2.43. The molecule has 116 valence electrons. The van der Waals surface area contributed by atoms with Crippen LogP contribution >= 0.6 is 0 Å². The predicted octanol–water partition coefficient (Wildman–Crippen LogP) is 3.32. The summed E-state index contributed by atoms with van der Waals surface area (Å²) in [6.45, 7) is 9.90. The highest BCUT2D eigenvalue weighted by molar-refractivity contribution is 5.98. The van der Waals surface area contributed by atoms with Crippen molar-refractivity contribution in [2.45, 2.75) is 40.2 Å². The number of para-hydroxylation sites is 1. The van der Waals surface area contributed by atoms with Crippen molar-refractivity contribution in [1.82, 2.24) is 0 Å². The van der Waals surface area contributed by atoms with Crippen LogP contribution in [0.3, 0.4) is 0 Å². The van der Waals surface area contributed by atoms with E-state index in [1.165, 1.54) is 6.42 Å². The highest BCUT2D eigenvalue weighted by Crippen LogP contribution is 2.35. The Morgan fingerprint density at radius 2 is 2.10 bits per heavy atom. The first-order chi connectivity index (χ1) is 9.95. The number of nitrogens with zero attached hydrogens (tertiary/aromatic N) is 1. The number of nitrogen functional groups attached to an aromatic ring is 1. The van der Waals surface area contributed by atoms with Gasteiger partial charge in [-0.25, -0.2) is 4.79 Å². The van der Waals surface area contributed by atoms with Gasteiger partial charge >= 0.3 is 5.97 Å². The first kappa shape index (κ1) is 15.7. The summed E-state index contributed by atoms with van der Waals surface area (Å²) < 4.78 is 5.08. The molecule has 1 aliphatic rings. The molecule has 21 heavy (non-hydrogen) atoms. The Kier molecular flexibility index (Phi) is 4.76. The summed E-state index contributed by atoms with van der Waals surface area (Å²) in [5, 5.41) is 0. The molecule has 1 saturated heterocycles. The third-order valence-corrected chi connectivity index (χ3v) is 4.49. The van der Waals surface area contributed by atoms with E-state index >= 15 is 0 Å². The summed E-state index contributed by atoms with van der Waals surface area (Å²) in [4.78, 5) is 14.3. The van der Waals surface area contributed by atoms with E-state index in [4.69, 9.17) is 10.5 Å². The number of benzene rings is 1. The second-order valence-corrected chi connectivity index (χ2v) is 6.17. The van der Waals surface area contributed by atoms with Crippen molar-refractivity contribution < 1.29 is 9.53 Å². The molecule has 0 spiro atoms. The van der Waals surface area contributed by atoms with Crippen LogP contribution in [0.2, 0.25) is 0 Å². The molecule has 1 fully saturated rings. The average molecular weight is 290 g/mol. The maximum absolute atomic E-state index is 12.0. The van der Waals surface area contributed by atoms with Gasteiger partial charge in [0.05, 0.1) is 23.5 Å². The number of esters is 1. The molecule has 0 amide bonds. The molecule has 0 aliphatic carbocycles. The number of carbonyl (C=O) groups is 1. The van der Waals surface area contributed by atoms with Crippen LogP contribution in [0.1, 0.15) is 44.5 Å². The topological polar surface area (TPSA) is 55.6 Å². The molecule has 0 saturated carbocycles. The van der Waals surface area contributed by atoms with Crippen molar-refractivity contribution in [3.63, 3.8) is 0 Å². The molecule has 4 nitrogen and oxygen atoms in total. The molecule has 3 atom stereocenters. The third-order valence-electron chi connectivity index (χ3n) is 4.49. The quantitative estimate of drug-likeness (QED) is 0.685. The van der Waals surface area contributed by atoms with Crippen molar-refractivity contribution in [2.75, 3.05) is 23.8 Å². The van der Waals surface area contributed by atoms with Crippen LogP contribution in [0.4, 0.5) is 11.4 Å². The molecule has 1 aromatic rings. The Morgan fingerprint density at radius 3 is 2.76 bits per heavy atom. The molecular formula is C17H26N2O2. The van der Waals surface area contributed by atoms with Crippen LogP contribution in [-0.4, -0.2) is 25.2 Å². The lowest BCUT2D eigenvalue weighted by Crippen LogP contribution is -2.46. The zero-order valence-corrected chi connectivity index (χ0v) is 13.4. The molecule has 2 N–H and O–H groups in total. The highest BCUT2D eigenvalue weighted by atomic mass is 16.5. The minimum atomic E-state index is -0.345. The van der Waals surface area contributed by atoms with E-state index in [9.17, 15) is 4.79 Å². The van der Waals surface area contributed by atoms with Gasteiger partial charge in [0.2, 0.25) is 0 Å². The van der Waals surface area contributed by atoms with Crippen LogP contribution in [0, 0.1) is 11.8 Å². The second-order valence-electron chi connectivity index (χ2n) is 6.17. The fourth-order valence-corrected chi connectivity index (χ4v) is 3.22. The van der Waals surface area contributed by atoms with Crippen LogP contribution < -0.4 is 10.6 Å². The molecule has 2 rings (SSSR count). The normalized spacial score (nSPS) is 25.7. The van der Waals surface area contributed by atoms with E-state index in [0.29, 0.717) is 35.7 Å². The summed E-state index contributed by atoms with van der Waals surface area (Å²) >= 11 is 0. The smallest absolute Gasteiger partial charge is 0.340 e. The van der Waals surface area contributed by atoms with Crippen molar-refractivity contribution in [1.29, 1.82) is 0 Å². The van der Waals surface area contributed by atoms with E-state index in [2.05, 4.69) is 25.7 Å². The van der Waals surface area contributed by atoms with Crippen LogP contribution in [0.5, 0.6) is 0 Å². The maximum Gasteiger partial charge on any atom is 0.340 e. The van der Waals surface area contributed by atoms with Gasteiger partial charge < -0.3 is 15.4 Å². The minimum Gasteiger partial charge on any atom is -0.462 e.